The van der Waals surface area contributed by atoms with Crippen molar-refractivity contribution in [2.24, 2.45) is 0 Å². The number of aromatic hydroxyl groups is 1. The molecule has 1 saturated heterocycles. The van der Waals surface area contributed by atoms with Crippen molar-refractivity contribution >= 4 is 11.8 Å². The molecule has 2 aromatic rings. The second-order valence-corrected chi connectivity index (χ2v) is 6.65. The minimum Gasteiger partial charge on any atom is -0.497 e. The molecule has 0 spiro atoms. The largest absolute Gasteiger partial charge is 0.497 e. The van der Waals surface area contributed by atoms with E-state index in [2.05, 4.69) is 9.88 Å². The van der Waals surface area contributed by atoms with Gasteiger partial charge in [0.25, 0.3) is 5.88 Å². The van der Waals surface area contributed by atoms with E-state index < -0.39 is 11.8 Å². The molecule has 0 bridgehead atoms. The van der Waals surface area contributed by atoms with Crippen LogP contribution in [0.15, 0.2) is 29.1 Å². The summed E-state index contributed by atoms with van der Waals surface area (Å²) in [5.41, 5.74) is 0.698. The van der Waals surface area contributed by atoms with Crippen molar-refractivity contribution in [1.82, 2.24) is 14.6 Å². The highest BCUT2D eigenvalue weighted by atomic mass is 16.7. The van der Waals surface area contributed by atoms with Crippen molar-refractivity contribution in [2.45, 2.75) is 19.8 Å². The van der Waals surface area contributed by atoms with E-state index in [0.717, 1.165) is 11.4 Å². The number of imidazole rings is 1. The van der Waals surface area contributed by atoms with Gasteiger partial charge in [0, 0.05) is 31.9 Å². The third-order valence-electron chi connectivity index (χ3n) is 4.58. The summed E-state index contributed by atoms with van der Waals surface area (Å²) in [7, 11) is 1.62. The Labute approximate surface area is 156 Å². The number of nitrogens with one attached hydrogen (secondary N) is 1. The third kappa shape index (κ3) is 3.86. The molecule has 1 amide bonds. The number of piperazine rings is 1. The molecule has 1 aliphatic heterocycles. The molecule has 0 atom stereocenters. The normalized spacial score (nSPS) is 14.5. The highest BCUT2D eigenvalue weighted by Crippen LogP contribution is 2.22. The lowest BCUT2D eigenvalue weighted by Crippen LogP contribution is -2.51. The molecule has 1 aliphatic rings. The van der Waals surface area contributed by atoms with Crippen LogP contribution in [0.5, 0.6) is 11.6 Å². The van der Waals surface area contributed by atoms with Gasteiger partial charge in [-0.1, -0.05) is 18.6 Å². The van der Waals surface area contributed by atoms with Gasteiger partial charge in [-0.2, -0.15) is 0 Å². The molecule has 0 unspecified atom stereocenters. The van der Waals surface area contributed by atoms with E-state index in [4.69, 9.17) is 9.57 Å². The fourth-order valence-corrected chi connectivity index (χ4v) is 2.99. The first-order chi connectivity index (χ1) is 12.9. The molecule has 1 aromatic heterocycles. The summed E-state index contributed by atoms with van der Waals surface area (Å²) in [6.45, 7) is 5.79. The zero-order valence-corrected chi connectivity index (χ0v) is 15.6. The number of aromatic amines is 1. The Morgan fingerprint density at radius 2 is 1.78 bits per heavy atom. The van der Waals surface area contributed by atoms with Crippen LogP contribution in [-0.4, -0.2) is 59.1 Å². The quantitative estimate of drug-likeness (QED) is 0.836. The Morgan fingerprint density at radius 3 is 2.30 bits per heavy atom. The number of carbonyl (C=O) groups excluding carboxylic acids is 1. The van der Waals surface area contributed by atoms with Crippen LogP contribution in [0.1, 0.15) is 25.5 Å². The van der Waals surface area contributed by atoms with Crippen molar-refractivity contribution in [2.75, 3.05) is 38.2 Å². The molecule has 2 heterocycles. The van der Waals surface area contributed by atoms with E-state index in [0.29, 0.717) is 36.6 Å². The molecule has 1 fully saturated rings. The van der Waals surface area contributed by atoms with Gasteiger partial charge in [0.05, 0.1) is 12.8 Å². The van der Waals surface area contributed by atoms with Crippen LogP contribution >= 0.6 is 0 Å². The number of methoxy groups -OCH3 is 1. The van der Waals surface area contributed by atoms with Gasteiger partial charge < -0.3 is 29.5 Å². The first-order valence-corrected chi connectivity index (χ1v) is 8.81. The van der Waals surface area contributed by atoms with Crippen LogP contribution in [0.4, 0.5) is 10.5 Å². The fourth-order valence-electron chi connectivity index (χ4n) is 2.99. The Morgan fingerprint density at radius 1 is 1.15 bits per heavy atom. The Kier molecular flexibility index (Phi) is 5.29. The molecular weight excluding hydrogens is 352 g/mol. The number of nitrogens with zero attached hydrogens (tertiary/aromatic N) is 3. The van der Waals surface area contributed by atoms with Crippen molar-refractivity contribution < 1.29 is 19.5 Å². The zero-order valence-electron chi connectivity index (χ0n) is 15.6. The zero-order chi connectivity index (χ0) is 19.6. The molecule has 27 heavy (non-hydrogen) atoms. The smallest absolute Gasteiger partial charge is 0.434 e. The minimum atomic E-state index is -0.679. The standard InChI is InChI=1S/C18H24N4O5/c1-12(2)15-16(23)22(17(24)19-15)27-18(25)21-10-8-20(9-11-21)13-4-6-14(26-3)7-5-13/h4-7,12,23H,8-11H2,1-3H3,(H,19,24). The average molecular weight is 376 g/mol. The summed E-state index contributed by atoms with van der Waals surface area (Å²) in [5.74, 6) is 0.310. The molecular formula is C18H24N4O5. The van der Waals surface area contributed by atoms with Gasteiger partial charge in [-0.15, -0.1) is 0 Å². The number of hydrogen-bond acceptors (Lipinski definition) is 6. The van der Waals surface area contributed by atoms with Gasteiger partial charge >= 0.3 is 11.8 Å². The first-order valence-electron chi connectivity index (χ1n) is 8.81. The fraction of sp³-hybridized carbons (Fsp3) is 0.444. The number of anilines is 1. The van der Waals surface area contributed by atoms with Gasteiger partial charge in [0.15, 0.2) is 0 Å². The van der Waals surface area contributed by atoms with Crippen LogP contribution < -0.4 is 20.2 Å². The third-order valence-corrected chi connectivity index (χ3v) is 4.58. The van der Waals surface area contributed by atoms with Crippen LogP contribution in [0.3, 0.4) is 0 Å². The SMILES string of the molecule is COc1ccc(N2CCN(C(=O)On3c(O)c(C(C)C)[nH]c3=O)CC2)cc1. The summed E-state index contributed by atoms with van der Waals surface area (Å²) < 4.78 is 5.76. The number of aromatic nitrogens is 2. The Balaban J connectivity index is 1.61. The maximum absolute atomic E-state index is 12.4. The molecule has 9 heteroatoms. The molecule has 0 saturated carbocycles. The highest BCUT2D eigenvalue weighted by Gasteiger charge is 2.26. The van der Waals surface area contributed by atoms with E-state index in [-0.39, 0.29) is 11.8 Å². The molecule has 2 N–H and O–H groups in total. The summed E-state index contributed by atoms with van der Waals surface area (Å²) in [5, 5.41) is 10.1. The predicted octanol–water partition coefficient (Wildman–Crippen LogP) is 1.38. The van der Waals surface area contributed by atoms with E-state index >= 15 is 0 Å². The maximum atomic E-state index is 12.4. The second-order valence-electron chi connectivity index (χ2n) is 6.65. The van der Waals surface area contributed by atoms with E-state index in [9.17, 15) is 14.7 Å². The number of hydrogen-bond donors (Lipinski definition) is 2. The average Bonchev–Trinajstić information content (AvgIpc) is 2.96. The Bertz CT molecular complexity index is 848. The molecule has 3 rings (SSSR count). The first kappa shape index (κ1) is 18.7. The van der Waals surface area contributed by atoms with Gasteiger partial charge in [-0.25, -0.2) is 9.59 Å². The number of benzene rings is 1. The van der Waals surface area contributed by atoms with E-state index in [1.807, 2.05) is 38.1 Å². The van der Waals surface area contributed by atoms with Crippen molar-refractivity contribution in [3.8, 4) is 11.6 Å². The summed E-state index contributed by atoms with van der Waals surface area (Å²) in [6.07, 6.45) is -0.670. The van der Waals surface area contributed by atoms with Crippen molar-refractivity contribution in [3.63, 3.8) is 0 Å². The monoisotopic (exact) mass is 376 g/mol. The second kappa shape index (κ2) is 7.65. The topological polar surface area (TPSA) is 100 Å². The summed E-state index contributed by atoms with van der Waals surface area (Å²) >= 11 is 0. The number of carbonyl (C=O) groups is 1. The molecule has 146 valence electrons. The van der Waals surface area contributed by atoms with Crippen LogP contribution in [-0.2, 0) is 0 Å². The molecule has 1 aromatic carbocycles. The Hall–Kier alpha value is -3.10. The minimum absolute atomic E-state index is 0.106. The number of ether oxygens (including phenoxy) is 1. The van der Waals surface area contributed by atoms with E-state index in [1.54, 1.807) is 7.11 Å². The van der Waals surface area contributed by atoms with E-state index in [1.165, 1.54) is 4.90 Å². The predicted molar refractivity (Wildman–Crippen MR) is 99.6 cm³/mol. The van der Waals surface area contributed by atoms with Crippen molar-refractivity contribution in [3.05, 3.63) is 40.4 Å². The maximum Gasteiger partial charge on any atom is 0.434 e. The molecule has 0 radical (unpaired) electrons. The van der Waals surface area contributed by atoms with Crippen LogP contribution in [0, 0.1) is 0 Å². The van der Waals surface area contributed by atoms with Crippen LogP contribution in [0.2, 0.25) is 0 Å². The van der Waals surface area contributed by atoms with Crippen molar-refractivity contribution in [1.29, 1.82) is 0 Å². The summed E-state index contributed by atoms with van der Waals surface area (Å²) in [6, 6.07) is 7.72. The molecule has 0 aliphatic carbocycles. The highest BCUT2D eigenvalue weighted by molar-refractivity contribution is 5.68. The number of H-pyrrole nitrogens is 1. The van der Waals surface area contributed by atoms with Gasteiger partial charge in [0.1, 0.15) is 5.75 Å². The lowest BCUT2D eigenvalue weighted by Gasteiger charge is -2.35. The van der Waals surface area contributed by atoms with Gasteiger partial charge in [0.2, 0.25) is 0 Å². The summed E-state index contributed by atoms with van der Waals surface area (Å²) in [4.78, 5) is 35.5. The number of amides is 1. The molecule has 9 nitrogen and oxygen atoms in total. The van der Waals surface area contributed by atoms with Gasteiger partial charge in [-0.3, -0.25) is 0 Å². The number of rotatable bonds is 4. The lowest BCUT2D eigenvalue weighted by atomic mass is 10.1. The van der Waals surface area contributed by atoms with Crippen LogP contribution in [0.25, 0.3) is 0 Å². The van der Waals surface area contributed by atoms with Gasteiger partial charge in [-0.05, 0) is 30.2 Å². The lowest BCUT2D eigenvalue weighted by molar-refractivity contribution is 0.0779.